The van der Waals surface area contributed by atoms with Gasteiger partial charge in [0.25, 0.3) is 5.91 Å². The van der Waals surface area contributed by atoms with Crippen LogP contribution < -0.4 is 24.4 Å². The standard InChI is InChI=1S/C20H21N3O5/c1-25-16-7-5-6-12(18(16)27-3)11-21-23-20(24)15-10-13-14(22-15)8-9-17(26-2)19(13)28-4/h5-11,22H,1-4H3,(H,23,24). The Hall–Kier alpha value is -3.68. The lowest BCUT2D eigenvalue weighted by Crippen LogP contribution is -2.17. The van der Waals surface area contributed by atoms with Crippen LogP contribution in [0.4, 0.5) is 0 Å². The van der Waals surface area contributed by atoms with Crippen molar-refractivity contribution in [1.29, 1.82) is 0 Å². The molecule has 0 fully saturated rings. The molecule has 0 saturated carbocycles. The van der Waals surface area contributed by atoms with Gasteiger partial charge in [-0.15, -0.1) is 0 Å². The van der Waals surface area contributed by atoms with Crippen LogP contribution in [-0.2, 0) is 0 Å². The van der Waals surface area contributed by atoms with Crippen molar-refractivity contribution >= 4 is 23.0 Å². The van der Waals surface area contributed by atoms with Gasteiger partial charge in [-0.1, -0.05) is 6.07 Å². The number of aromatic amines is 1. The zero-order chi connectivity index (χ0) is 20.1. The lowest BCUT2D eigenvalue weighted by molar-refractivity contribution is 0.0951. The quantitative estimate of drug-likeness (QED) is 0.483. The van der Waals surface area contributed by atoms with E-state index in [2.05, 4.69) is 15.5 Å². The molecule has 8 nitrogen and oxygen atoms in total. The predicted octanol–water partition coefficient (Wildman–Crippen LogP) is 2.97. The number of hydrogen-bond acceptors (Lipinski definition) is 6. The number of ether oxygens (including phenoxy) is 4. The number of nitrogens with one attached hydrogen (secondary N) is 2. The van der Waals surface area contributed by atoms with Gasteiger partial charge in [0.15, 0.2) is 23.0 Å². The van der Waals surface area contributed by atoms with Crippen molar-refractivity contribution in [2.24, 2.45) is 5.10 Å². The SMILES string of the molecule is COc1cccc(C=NNC(=O)c2cc3c(OC)c(OC)ccc3[nH]2)c1OC. The second-order valence-corrected chi connectivity index (χ2v) is 5.73. The topological polar surface area (TPSA) is 94.2 Å². The number of rotatable bonds is 7. The second kappa shape index (κ2) is 8.34. The Morgan fingerprint density at radius 3 is 2.36 bits per heavy atom. The molecular weight excluding hydrogens is 362 g/mol. The van der Waals surface area contributed by atoms with E-state index in [1.807, 2.05) is 12.1 Å². The number of nitrogens with zero attached hydrogens (tertiary/aromatic N) is 1. The molecule has 8 heteroatoms. The number of benzene rings is 2. The van der Waals surface area contributed by atoms with E-state index in [4.69, 9.17) is 18.9 Å². The molecule has 3 aromatic rings. The Balaban J connectivity index is 1.81. The molecule has 1 heterocycles. The summed E-state index contributed by atoms with van der Waals surface area (Å²) in [5.74, 6) is 1.86. The summed E-state index contributed by atoms with van der Waals surface area (Å²) in [4.78, 5) is 15.5. The Bertz CT molecular complexity index is 1030. The zero-order valence-electron chi connectivity index (χ0n) is 16.0. The molecule has 2 N–H and O–H groups in total. The van der Waals surface area contributed by atoms with Crippen LogP contribution in [-0.4, -0.2) is 45.5 Å². The number of hydrogen-bond donors (Lipinski definition) is 2. The van der Waals surface area contributed by atoms with Crippen LogP contribution in [0.5, 0.6) is 23.0 Å². The summed E-state index contributed by atoms with van der Waals surface area (Å²) in [6.45, 7) is 0. The molecule has 2 aromatic carbocycles. The van der Waals surface area contributed by atoms with Crippen LogP contribution >= 0.6 is 0 Å². The maximum atomic E-state index is 12.5. The van der Waals surface area contributed by atoms with Crippen LogP contribution in [0.15, 0.2) is 41.5 Å². The van der Waals surface area contributed by atoms with Crippen LogP contribution in [0, 0.1) is 0 Å². The fraction of sp³-hybridized carbons (Fsp3) is 0.200. The van der Waals surface area contributed by atoms with Gasteiger partial charge in [-0.25, -0.2) is 5.43 Å². The van der Waals surface area contributed by atoms with E-state index >= 15 is 0 Å². The van der Waals surface area contributed by atoms with E-state index in [0.29, 0.717) is 34.3 Å². The average molecular weight is 383 g/mol. The van der Waals surface area contributed by atoms with Gasteiger partial charge in [-0.2, -0.15) is 5.10 Å². The van der Waals surface area contributed by atoms with Crippen LogP contribution in [0.25, 0.3) is 10.9 Å². The van der Waals surface area contributed by atoms with Gasteiger partial charge in [0.2, 0.25) is 0 Å². The number of methoxy groups -OCH3 is 4. The smallest absolute Gasteiger partial charge is 0.287 e. The minimum atomic E-state index is -0.393. The Morgan fingerprint density at radius 2 is 1.68 bits per heavy atom. The first-order valence-corrected chi connectivity index (χ1v) is 8.41. The number of hydrazone groups is 1. The molecule has 0 aliphatic heterocycles. The van der Waals surface area contributed by atoms with Gasteiger partial charge in [0, 0.05) is 10.9 Å². The van der Waals surface area contributed by atoms with E-state index in [1.54, 1.807) is 52.7 Å². The molecule has 3 rings (SSSR count). The molecule has 0 atom stereocenters. The number of amides is 1. The molecule has 0 bridgehead atoms. The van der Waals surface area contributed by atoms with Gasteiger partial charge >= 0.3 is 0 Å². The number of para-hydroxylation sites is 1. The maximum absolute atomic E-state index is 12.5. The minimum absolute atomic E-state index is 0.344. The minimum Gasteiger partial charge on any atom is -0.493 e. The molecule has 28 heavy (non-hydrogen) atoms. The van der Waals surface area contributed by atoms with E-state index in [0.717, 1.165) is 10.9 Å². The summed E-state index contributed by atoms with van der Waals surface area (Å²) < 4.78 is 21.3. The van der Waals surface area contributed by atoms with Gasteiger partial charge in [-0.3, -0.25) is 4.79 Å². The van der Waals surface area contributed by atoms with Gasteiger partial charge in [0.1, 0.15) is 5.69 Å². The molecule has 0 unspecified atom stereocenters. The van der Waals surface area contributed by atoms with Crippen molar-refractivity contribution in [2.45, 2.75) is 0 Å². The first-order chi connectivity index (χ1) is 13.6. The van der Waals surface area contributed by atoms with Crippen molar-refractivity contribution in [3.63, 3.8) is 0 Å². The summed E-state index contributed by atoms with van der Waals surface area (Å²) in [6.07, 6.45) is 1.49. The number of carbonyl (C=O) groups excluding carboxylic acids is 1. The highest BCUT2D eigenvalue weighted by molar-refractivity contribution is 6.00. The summed E-state index contributed by atoms with van der Waals surface area (Å²) in [5, 5.41) is 4.75. The van der Waals surface area contributed by atoms with Gasteiger partial charge in [0.05, 0.1) is 40.2 Å². The highest BCUT2D eigenvalue weighted by Crippen LogP contribution is 2.35. The molecule has 0 aliphatic rings. The first kappa shape index (κ1) is 19.1. The van der Waals surface area contributed by atoms with Crippen molar-refractivity contribution < 1.29 is 23.7 Å². The Kier molecular flexibility index (Phi) is 5.69. The van der Waals surface area contributed by atoms with E-state index < -0.39 is 5.91 Å². The monoisotopic (exact) mass is 383 g/mol. The fourth-order valence-corrected chi connectivity index (χ4v) is 2.89. The maximum Gasteiger partial charge on any atom is 0.287 e. The lowest BCUT2D eigenvalue weighted by Gasteiger charge is -2.09. The molecule has 0 aliphatic carbocycles. The fourth-order valence-electron chi connectivity index (χ4n) is 2.89. The van der Waals surface area contributed by atoms with E-state index in [-0.39, 0.29) is 0 Å². The summed E-state index contributed by atoms with van der Waals surface area (Å²) in [5.41, 5.74) is 4.26. The van der Waals surface area contributed by atoms with Crippen molar-refractivity contribution in [3.8, 4) is 23.0 Å². The molecule has 1 amide bonds. The third kappa shape index (κ3) is 3.57. The molecule has 0 radical (unpaired) electrons. The predicted molar refractivity (Wildman–Crippen MR) is 106 cm³/mol. The van der Waals surface area contributed by atoms with Crippen molar-refractivity contribution in [2.75, 3.05) is 28.4 Å². The third-order valence-corrected chi connectivity index (χ3v) is 4.19. The van der Waals surface area contributed by atoms with E-state index in [1.165, 1.54) is 6.21 Å². The van der Waals surface area contributed by atoms with Crippen molar-refractivity contribution in [1.82, 2.24) is 10.4 Å². The zero-order valence-corrected chi connectivity index (χ0v) is 16.0. The van der Waals surface area contributed by atoms with Crippen molar-refractivity contribution in [3.05, 3.63) is 47.7 Å². The molecule has 0 spiro atoms. The molecular formula is C20H21N3O5. The number of carbonyl (C=O) groups is 1. The number of aromatic nitrogens is 1. The second-order valence-electron chi connectivity index (χ2n) is 5.73. The Labute approximate surface area is 162 Å². The molecule has 1 aromatic heterocycles. The summed E-state index contributed by atoms with van der Waals surface area (Å²) in [7, 11) is 6.21. The van der Waals surface area contributed by atoms with Gasteiger partial charge in [-0.05, 0) is 30.3 Å². The molecule has 0 saturated heterocycles. The number of H-pyrrole nitrogens is 1. The highest BCUT2D eigenvalue weighted by atomic mass is 16.5. The summed E-state index contributed by atoms with van der Waals surface area (Å²) in [6, 6.07) is 10.7. The Morgan fingerprint density at radius 1 is 0.964 bits per heavy atom. The largest absolute Gasteiger partial charge is 0.493 e. The first-order valence-electron chi connectivity index (χ1n) is 8.41. The van der Waals surface area contributed by atoms with E-state index in [9.17, 15) is 4.79 Å². The van der Waals surface area contributed by atoms with Crippen LogP contribution in [0.1, 0.15) is 16.1 Å². The number of fused-ring (bicyclic) bond motifs is 1. The highest BCUT2D eigenvalue weighted by Gasteiger charge is 2.15. The normalized spacial score (nSPS) is 10.9. The van der Waals surface area contributed by atoms with Crippen LogP contribution in [0.2, 0.25) is 0 Å². The van der Waals surface area contributed by atoms with Crippen LogP contribution in [0.3, 0.4) is 0 Å². The third-order valence-electron chi connectivity index (χ3n) is 4.19. The average Bonchev–Trinajstić information content (AvgIpc) is 3.17. The lowest BCUT2D eigenvalue weighted by atomic mass is 10.2. The van der Waals surface area contributed by atoms with Gasteiger partial charge < -0.3 is 23.9 Å². The molecule has 146 valence electrons. The summed E-state index contributed by atoms with van der Waals surface area (Å²) >= 11 is 0.